The van der Waals surface area contributed by atoms with Crippen LogP contribution in [0.25, 0.3) is 0 Å². The molecular formula is C14H22BrN3O. The second kappa shape index (κ2) is 6.55. The van der Waals surface area contributed by atoms with Gasteiger partial charge in [0.2, 0.25) is 0 Å². The van der Waals surface area contributed by atoms with Crippen LogP contribution in [-0.2, 0) is 6.54 Å². The quantitative estimate of drug-likeness (QED) is 0.798. The highest BCUT2D eigenvalue weighted by molar-refractivity contribution is 9.09. The van der Waals surface area contributed by atoms with Crippen molar-refractivity contribution in [3.63, 3.8) is 0 Å². The molecule has 1 unspecified atom stereocenters. The number of rotatable bonds is 4. The summed E-state index contributed by atoms with van der Waals surface area (Å²) in [5.74, 6) is 1.08. The number of alkyl halides is 1. The number of hydrogen-bond acceptors (Lipinski definition) is 3. The first kappa shape index (κ1) is 14.6. The monoisotopic (exact) mass is 327 g/mol. The third-order valence-electron chi connectivity index (χ3n) is 3.53. The van der Waals surface area contributed by atoms with Gasteiger partial charge in [0.05, 0.1) is 0 Å². The van der Waals surface area contributed by atoms with E-state index in [0.29, 0.717) is 17.8 Å². The Morgan fingerprint density at radius 1 is 1.47 bits per heavy atom. The highest BCUT2D eigenvalue weighted by atomic mass is 79.9. The molecule has 0 N–H and O–H groups in total. The molecule has 2 heterocycles. The minimum atomic E-state index is 0.0454. The molecule has 0 saturated carbocycles. The lowest BCUT2D eigenvalue weighted by molar-refractivity contribution is 0.475. The first-order valence-electron chi connectivity index (χ1n) is 7.01. The van der Waals surface area contributed by atoms with E-state index < -0.39 is 0 Å². The number of hydrogen-bond donors (Lipinski definition) is 0. The summed E-state index contributed by atoms with van der Waals surface area (Å²) in [7, 11) is 0. The molecule has 1 aromatic rings. The Morgan fingerprint density at radius 2 is 2.26 bits per heavy atom. The van der Waals surface area contributed by atoms with Gasteiger partial charge in [0.1, 0.15) is 0 Å². The minimum absolute atomic E-state index is 0.0454. The molecule has 106 valence electrons. The number of nitrogens with zero attached hydrogens (tertiary/aromatic N) is 3. The molecule has 1 saturated heterocycles. The molecule has 1 atom stereocenters. The number of aromatic nitrogens is 2. The smallest absolute Gasteiger partial charge is 0.293 e. The van der Waals surface area contributed by atoms with Crippen LogP contribution in [-0.4, -0.2) is 27.5 Å². The van der Waals surface area contributed by atoms with E-state index in [4.69, 9.17) is 0 Å². The van der Waals surface area contributed by atoms with Gasteiger partial charge < -0.3 is 9.47 Å². The van der Waals surface area contributed by atoms with Gasteiger partial charge in [-0.25, -0.2) is 4.98 Å². The van der Waals surface area contributed by atoms with Crippen molar-refractivity contribution >= 4 is 21.7 Å². The van der Waals surface area contributed by atoms with Crippen LogP contribution in [0.1, 0.15) is 33.1 Å². The van der Waals surface area contributed by atoms with E-state index in [-0.39, 0.29) is 5.56 Å². The molecule has 2 rings (SSSR count). The highest BCUT2D eigenvalue weighted by Gasteiger charge is 2.25. The molecule has 4 nitrogen and oxygen atoms in total. The van der Waals surface area contributed by atoms with Crippen molar-refractivity contribution in [3.8, 4) is 0 Å². The maximum absolute atomic E-state index is 12.5. The lowest BCUT2D eigenvalue weighted by Gasteiger charge is -2.35. The van der Waals surface area contributed by atoms with E-state index >= 15 is 0 Å². The standard InChI is InChI=1S/C14H22BrN3O/c1-11(2)10-17-8-6-16-13(14(17)19)18-7-4-3-5-12(18)9-15/h6,8,11-12H,3-5,7,9-10H2,1-2H3. The summed E-state index contributed by atoms with van der Waals surface area (Å²) in [6.07, 6.45) is 7.05. The summed E-state index contributed by atoms with van der Waals surface area (Å²) in [5.41, 5.74) is 0.0454. The molecule has 0 spiro atoms. The molecule has 0 amide bonds. The van der Waals surface area contributed by atoms with Crippen LogP contribution < -0.4 is 10.5 Å². The summed E-state index contributed by atoms with van der Waals surface area (Å²) >= 11 is 3.55. The Kier molecular flexibility index (Phi) is 5.02. The van der Waals surface area contributed by atoms with Crippen molar-refractivity contribution in [2.24, 2.45) is 5.92 Å². The predicted octanol–water partition coefficient (Wildman–Crippen LogP) is 2.65. The van der Waals surface area contributed by atoms with Crippen molar-refractivity contribution in [2.45, 2.75) is 45.7 Å². The summed E-state index contributed by atoms with van der Waals surface area (Å²) in [6.45, 7) is 5.93. The Bertz CT molecular complexity index is 472. The zero-order chi connectivity index (χ0) is 13.8. The molecule has 5 heteroatoms. The molecule has 19 heavy (non-hydrogen) atoms. The normalized spacial score (nSPS) is 20.0. The van der Waals surface area contributed by atoms with Gasteiger partial charge in [-0.1, -0.05) is 29.8 Å². The third kappa shape index (κ3) is 3.38. The summed E-state index contributed by atoms with van der Waals surface area (Å²) < 4.78 is 1.78. The van der Waals surface area contributed by atoms with Crippen LogP contribution in [0.5, 0.6) is 0 Å². The van der Waals surface area contributed by atoms with Gasteiger partial charge in [0.25, 0.3) is 5.56 Å². The van der Waals surface area contributed by atoms with Crippen molar-refractivity contribution in [2.75, 3.05) is 16.8 Å². The molecule has 0 radical (unpaired) electrons. The topological polar surface area (TPSA) is 38.1 Å². The molecule has 0 aliphatic carbocycles. The average Bonchev–Trinajstić information content (AvgIpc) is 2.41. The van der Waals surface area contributed by atoms with E-state index in [1.54, 1.807) is 17.0 Å². The van der Waals surface area contributed by atoms with Crippen LogP contribution in [0.2, 0.25) is 0 Å². The van der Waals surface area contributed by atoms with Crippen LogP contribution in [0, 0.1) is 5.92 Å². The fraction of sp³-hybridized carbons (Fsp3) is 0.714. The van der Waals surface area contributed by atoms with E-state index in [0.717, 1.165) is 31.3 Å². The van der Waals surface area contributed by atoms with E-state index in [1.807, 2.05) is 0 Å². The zero-order valence-corrected chi connectivity index (χ0v) is 13.3. The lowest BCUT2D eigenvalue weighted by Crippen LogP contribution is -2.45. The molecule has 1 aromatic heterocycles. The second-order valence-electron chi connectivity index (χ2n) is 5.60. The second-order valence-corrected chi connectivity index (χ2v) is 6.25. The van der Waals surface area contributed by atoms with Crippen molar-refractivity contribution < 1.29 is 0 Å². The zero-order valence-electron chi connectivity index (χ0n) is 11.7. The molecule has 1 aliphatic rings. The number of piperidine rings is 1. The summed E-state index contributed by atoms with van der Waals surface area (Å²) in [4.78, 5) is 19.0. The molecule has 1 aliphatic heterocycles. The Balaban J connectivity index is 2.31. The summed E-state index contributed by atoms with van der Waals surface area (Å²) in [6, 6.07) is 0.392. The van der Waals surface area contributed by atoms with Gasteiger partial charge in [-0.3, -0.25) is 4.79 Å². The van der Waals surface area contributed by atoms with Crippen molar-refractivity contribution in [3.05, 3.63) is 22.7 Å². The molecule has 0 aromatic carbocycles. The molecular weight excluding hydrogens is 306 g/mol. The minimum Gasteiger partial charge on any atom is -0.348 e. The van der Waals surface area contributed by atoms with Gasteiger partial charge in [0, 0.05) is 36.9 Å². The van der Waals surface area contributed by atoms with Gasteiger partial charge in [-0.15, -0.1) is 0 Å². The van der Waals surface area contributed by atoms with Gasteiger partial charge in [0.15, 0.2) is 5.82 Å². The maximum Gasteiger partial charge on any atom is 0.293 e. The summed E-state index contributed by atoms with van der Waals surface area (Å²) in [5, 5.41) is 0.896. The number of anilines is 1. The maximum atomic E-state index is 12.5. The predicted molar refractivity (Wildman–Crippen MR) is 82.1 cm³/mol. The highest BCUT2D eigenvalue weighted by Crippen LogP contribution is 2.21. The van der Waals surface area contributed by atoms with Crippen LogP contribution in [0.3, 0.4) is 0 Å². The van der Waals surface area contributed by atoms with E-state index in [2.05, 4.69) is 39.7 Å². The number of halogens is 1. The van der Waals surface area contributed by atoms with Crippen molar-refractivity contribution in [1.29, 1.82) is 0 Å². The van der Waals surface area contributed by atoms with Crippen LogP contribution in [0.4, 0.5) is 5.82 Å². The lowest BCUT2D eigenvalue weighted by atomic mass is 10.0. The Hall–Kier alpha value is -0.840. The fourth-order valence-corrected chi connectivity index (χ4v) is 3.28. The van der Waals surface area contributed by atoms with Gasteiger partial charge in [-0.2, -0.15) is 0 Å². The van der Waals surface area contributed by atoms with Crippen molar-refractivity contribution in [1.82, 2.24) is 9.55 Å². The Morgan fingerprint density at radius 3 is 2.95 bits per heavy atom. The SMILES string of the molecule is CC(C)Cn1ccnc(N2CCCCC2CBr)c1=O. The first-order chi connectivity index (χ1) is 9.13. The van der Waals surface area contributed by atoms with Gasteiger partial charge >= 0.3 is 0 Å². The van der Waals surface area contributed by atoms with Crippen LogP contribution >= 0.6 is 15.9 Å². The largest absolute Gasteiger partial charge is 0.348 e. The molecule has 1 fully saturated rings. The van der Waals surface area contributed by atoms with Gasteiger partial charge in [-0.05, 0) is 25.2 Å². The first-order valence-corrected chi connectivity index (χ1v) is 8.13. The van der Waals surface area contributed by atoms with Crippen LogP contribution in [0.15, 0.2) is 17.2 Å². The van der Waals surface area contributed by atoms with E-state index in [9.17, 15) is 4.79 Å². The Labute approximate surface area is 123 Å². The third-order valence-corrected chi connectivity index (χ3v) is 4.28. The molecule has 0 bridgehead atoms. The van der Waals surface area contributed by atoms with E-state index in [1.165, 1.54) is 6.42 Å². The fourth-order valence-electron chi connectivity index (χ4n) is 2.61. The average molecular weight is 328 g/mol.